The molecule has 1 aliphatic rings. The highest BCUT2D eigenvalue weighted by Gasteiger charge is 2.27. The summed E-state index contributed by atoms with van der Waals surface area (Å²) in [4.78, 5) is 7.14. The number of nitrogens with zero attached hydrogens (tertiary/aromatic N) is 5. The molecule has 5 heteroatoms. The zero-order valence-corrected chi connectivity index (χ0v) is 14.0. The summed E-state index contributed by atoms with van der Waals surface area (Å²) in [6, 6.07) is 11.0. The first-order valence-electron chi connectivity index (χ1n) is 8.56. The molecule has 1 saturated heterocycles. The maximum absolute atomic E-state index is 4.61. The smallest absolute Gasteiger partial charge is 0.123 e. The minimum absolute atomic E-state index is 0.459. The van der Waals surface area contributed by atoms with E-state index in [2.05, 4.69) is 62.3 Å². The predicted octanol–water partition coefficient (Wildman–Crippen LogP) is 3.00. The zero-order chi connectivity index (χ0) is 16.4. The summed E-state index contributed by atoms with van der Waals surface area (Å²) >= 11 is 0. The van der Waals surface area contributed by atoms with E-state index < -0.39 is 0 Å². The molecule has 0 saturated carbocycles. The van der Waals surface area contributed by atoms with Crippen LogP contribution in [-0.2, 0) is 20.1 Å². The van der Waals surface area contributed by atoms with E-state index in [0.29, 0.717) is 6.04 Å². The molecule has 1 aromatic carbocycles. The number of rotatable bonds is 5. The van der Waals surface area contributed by atoms with Gasteiger partial charge in [-0.05, 0) is 24.9 Å². The molecular formula is C19H23N5. The van der Waals surface area contributed by atoms with Gasteiger partial charge in [0.2, 0.25) is 0 Å². The number of hydrogen-bond acceptors (Lipinski definition) is 3. The van der Waals surface area contributed by atoms with Gasteiger partial charge in [0.05, 0.1) is 12.7 Å². The molecule has 0 bridgehead atoms. The van der Waals surface area contributed by atoms with Crippen LogP contribution in [-0.4, -0.2) is 30.8 Å². The lowest BCUT2D eigenvalue weighted by Crippen LogP contribution is -2.24. The Bertz CT molecular complexity index is 789. The monoisotopic (exact) mass is 321 g/mol. The molecule has 0 unspecified atom stereocenters. The van der Waals surface area contributed by atoms with Crippen LogP contribution in [0.25, 0.3) is 0 Å². The lowest BCUT2D eigenvalue weighted by Gasteiger charge is -2.23. The van der Waals surface area contributed by atoms with Gasteiger partial charge in [-0.1, -0.05) is 30.3 Å². The van der Waals surface area contributed by atoms with E-state index in [1.165, 1.54) is 24.0 Å². The van der Waals surface area contributed by atoms with Crippen LogP contribution in [0.4, 0.5) is 0 Å². The maximum atomic E-state index is 4.61. The van der Waals surface area contributed by atoms with Crippen molar-refractivity contribution >= 4 is 0 Å². The first kappa shape index (κ1) is 15.1. The van der Waals surface area contributed by atoms with Crippen molar-refractivity contribution in [2.45, 2.75) is 32.0 Å². The third-order valence-corrected chi connectivity index (χ3v) is 4.82. The van der Waals surface area contributed by atoms with Gasteiger partial charge in [-0.25, -0.2) is 4.98 Å². The van der Waals surface area contributed by atoms with Gasteiger partial charge in [0.1, 0.15) is 5.82 Å². The van der Waals surface area contributed by atoms with Crippen LogP contribution in [0.1, 0.15) is 35.8 Å². The average molecular weight is 321 g/mol. The Hall–Kier alpha value is -2.40. The van der Waals surface area contributed by atoms with Crippen molar-refractivity contribution in [1.29, 1.82) is 0 Å². The van der Waals surface area contributed by atoms with E-state index in [9.17, 15) is 0 Å². The Kier molecular flexibility index (Phi) is 4.17. The molecule has 4 rings (SSSR count). The Morgan fingerprint density at radius 3 is 2.83 bits per heavy atom. The summed E-state index contributed by atoms with van der Waals surface area (Å²) in [5.74, 6) is 1.13. The van der Waals surface area contributed by atoms with Crippen LogP contribution in [0.15, 0.2) is 55.1 Å². The minimum atomic E-state index is 0.459. The average Bonchev–Trinajstić information content (AvgIpc) is 3.31. The molecular weight excluding hydrogens is 298 g/mol. The summed E-state index contributed by atoms with van der Waals surface area (Å²) in [7, 11) is 1.98. The second kappa shape index (κ2) is 6.61. The molecule has 24 heavy (non-hydrogen) atoms. The van der Waals surface area contributed by atoms with Crippen LogP contribution in [0.5, 0.6) is 0 Å². The fourth-order valence-electron chi connectivity index (χ4n) is 3.60. The van der Waals surface area contributed by atoms with Crippen LogP contribution in [0.2, 0.25) is 0 Å². The van der Waals surface area contributed by atoms with Crippen molar-refractivity contribution in [3.05, 3.63) is 72.1 Å². The Morgan fingerprint density at radius 2 is 2.04 bits per heavy atom. The second-order valence-electron chi connectivity index (χ2n) is 6.53. The summed E-state index contributed by atoms with van der Waals surface area (Å²) in [5.41, 5.74) is 2.62. The molecule has 3 heterocycles. The van der Waals surface area contributed by atoms with Gasteiger partial charge in [-0.15, -0.1) is 0 Å². The third kappa shape index (κ3) is 3.12. The van der Waals surface area contributed by atoms with E-state index in [0.717, 1.165) is 25.5 Å². The number of aryl methyl sites for hydroxylation is 1. The van der Waals surface area contributed by atoms with Gasteiger partial charge < -0.3 is 4.57 Å². The number of benzene rings is 1. The summed E-state index contributed by atoms with van der Waals surface area (Å²) in [6.45, 7) is 2.89. The first-order chi connectivity index (χ1) is 11.8. The van der Waals surface area contributed by atoms with E-state index in [4.69, 9.17) is 0 Å². The van der Waals surface area contributed by atoms with E-state index >= 15 is 0 Å². The van der Waals surface area contributed by atoms with Gasteiger partial charge in [0, 0.05) is 43.8 Å². The minimum Gasteiger partial charge on any atom is -0.329 e. The standard InChI is InChI=1S/C19H23N5/c1-22-14-17(12-21-22)18-8-5-10-23(18)15-19-20-9-11-24(19)13-16-6-3-2-4-7-16/h2-4,6-7,9,11-12,14,18H,5,8,10,13,15H2,1H3/t18-/m1/s1. The molecule has 124 valence electrons. The molecule has 0 spiro atoms. The number of aromatic nitrogens is 4. The topological polar surface area (TPSA) is 38.9 Å². The molecule has 0 aliphatic carbocycles. The fraction of sp³-hybridized carbons (Fsp3) is 0.368. The molecule has 0 amide bonds. The van der Waals surface area contributed by atoms with E-state index in [1.54, 1.807) is 0 Å². The number of hydrogen-bond donors (Lipinski definition) is 0. The van der Waals surface area contributed by atoms with Crippen LogP contribution in [0.3, 0.4) is 0 Å². The zero-order valence-electron chi connectivity index (χ0n) is 14.0. The van der Waals surface area contributed by atoms with Crippen molar-refractivity contribution < 1.29 is 0 Å². The molecule has 1 aliphatic heterocycles. The van der Waals surface area contributed by atoms with E-state index in [1.807, 2.05) is 24.1 Å². The van der Waals surface area contributed by atoms with Crippen molar-refractivity contribution in [2.24, 2.45) is 7.05 Å². The molecule has 2 aromatic heterocycles. The predicted molar refractivity (Wildman–Crippen MR) is 93.4 cm³/mol. The van der Waals surface area contributed by atoms with Crippen molar-refractivity contribution in [3.8, 4) is 0 Å². The normalized spacial score (nSPS) is 18.3. The van der Waals surface area contributed by atoms with Gasteiger partial charge >= 0.3 is 0 Å². The van der Waals surface area contributed by atoms with Crippen LogP contribution < -0.4 is 0 Å². The van der Waals surface area contributed by atoms with Gasteiger partial charge in [0.15, 0.2) is 0 Å². The molecule has 1 fully saturated rings. The summed E-state index contributed by atoms with van der Waals surface area (Å²) in [5, 5.41) is 4.34. The molecule has 0 N–H and O–H groups in total. The van der Waals surface area contributed by atoms with Crippen LogP contribution in [0, 0.1) is 0 Å². The number of imidazole rings is 1. The SMILES string of the molecule is Cn1cc([C@H]2CCCN2Cc2nccn2Cc2ccccc2)cn1. The lowest BCUT2D eigenvalue weighted by atomic mass is 10.1. The lowest BCUT2D eigenvalue weighted by molar-refractivity contribution is 0.239. The number of likely N-dealkylation sites (tertiary alicyclic amines) is 1. The molecule has 5 nitrogen and oxygen atoms in total. The quantitative estimate of drug-likeness (QED) is 0.725. The highest BCUT2D eigenvalue weighted by molar-refractivity contribution is 5.16. The summed E-state index contributed by atoms with van der Waals surface area (Å²) < 4.78 is 4.15. The Labute approximate surface area is 142 Å². The van der Waals surface area contributed by atoms with Crippen molar-refractivity contribution in [2.75, 3.05) is 6.54 Å². The largest absolute Gasteiger partial charge is 0.329 e. The molecule has 0 radical (unpaired) electrons. The second-order valence-corrected chi connectivity index (χ2v) is 6.53. The molecule has 3 aromatic rings. The van der Waals surface area contributed by atoms with Gasteiger partial charge in [-0.2, -0.15) is 5.10 Å². The van der Waals surface area contributed by atoms with Gasteiger partial charge in [0.25, 0.3) is 0 Å². The highest BCUT2D eigenvalue weighted by Crippen LogP contribution is 2.32. The van der Waals surface area contributed by atoms with Crippen LogP contribution >= 0.6 is 0 Å². The maximum Gasteiger partial charge on any atom is 0.123 e. The highest BCUT2D eigenvalue weighted by atomic mass is 15.3. The Morgan fingerprint density at radius 1 is 1.17 bits per heavy atom. The third-order valence-electron chi connectivity index (χ3n) is 4.82. The first-order valence-corrected chi connectivity index (χ1v) is 8.56. The van der Waals surface area contributed by atoms with Gasteiger partial charge in [-0.3, -0.25) is 9.58 Å². The van der Waals surface area contributed by atoms with Crippen molar-refractivity contribution in [1.82, 2.24) is 24.2 Å². The summed E-state index contributed by atoms with van der Waals surface area (Å²) in [6.07, 6.45) is 10.6. The fourth-order valence-corrected chi connectivity index (χ4v) is 3.60. The Balaban J connectivity index is 1.50. The van der Waals surface area contributed by atoms with Crippen molar-refractivity contribution in [3.63, 3.8) is 0 Å². The molecule has 1 atom stereocenters. The van der Waals surface area contributed by atoms with E-state index in [-0.39, 0.29) is 0 Å².